The maximum atomic E-state index is 5.61. The molecule has 2 nitrogen and oxygen atoms in total. The van der Waals surface area contributed by atoms with Crippen molar-refractivity contribution in [2.75, 3.05) is 5.75 Å². The van der Waals surface area contributed by atoms with Crippen LogP contribution in [-0.2, 0) is 0 Å². The number of nitrogens with one attached hydrogen (secondary N) is 1. The van der Waals surface area contributed by atoms with Crippen molar-refractivity contribution >= 4 is 11.8 Å². The van der Waals surface area contributed by atoms with Gasteiger partial charge in [-0.3, -0.25) is 11.3 Å². The average molecular weight is 238 g/mol. The van der Waals surface area contributed by atoms with E-state index < -0.39 is 0 Å². The van der Waals surface area contributed by atoms with E-state index in [1.165, 1.54) is 17.5 Å². The van der Waals surface area contributed by atoms with Gasteiger partial charge in [0.1, 0.15) is 0 Å². The Morgan fingerprint density at radius 3 is 2.44 bits per heavy atom. The molecule has 0 amide bonds. The fourth-order valence-electron chi connectivity index (χ4n) is 1.42. The highest BCUT2D eigenvalue weighted by Crippen LogP contribution is 2.22. The Bertz CT molecular complexity index is 297. The molecule has 1 aromatic rings. The van der Waals surface area contributed by atoms with Crippen molar-refractivity contribution < 1.29 is 0 Å². The lowest BCUT2D eigenvalue weighted by Gasteiger charge is -2.18. The molecule has 0 spiro atoms. The van der Waals surface area contributed by atoms with Crippen molar-refractivity contribution in [3.8, 4) is 0 Å². The molecule has 0 radical (unpaired) electrons. The second-order valence-corrected chi connectivity index (χ2v) is 5.65. The van der Waals surface area contributed by atoms with Crippen LogP contribution in [0.3, 0.4) is 0 Å². The number of nitrogens with two attached hydrogens (primary N) is 1. The van der Waals surface area contributed by atoms with Gasteiger partial charge in [-0.15, -0.1) is 0 Å². The molecular weight excluding hydrogens is 216 g/mol. The zero-order chi connectivity index (χ0) is 12.0. The first-order valence-electron chi connectivity index (χ1n) is 5.81. The normalized spacial score (nSPS) is 14.8. The first-order valence-corrected chi connectivity index (χ1v) is 6.86. The van der Waals surface area contributed by atoms with Crippen molar-refractivity contribution in [2.24, 2.45) is 5.84 Å². The molecule has 90 valence electrons. The lowest BCUT2D eigenvalue weighted by atomic mass is 10.1. The molecule has 0 aliphatic carbocycles. The molecule has 0 aliphatic heterocycles. The third-order valence-electron chi connectivity index (χ3n) is 2.80. The number of rotatable bonds is 6. The monoisotopic (exact) mass is 238 g/mol. The Morgan fingerprint density at radius 1 is 1.31 bits per heavy atom. The minimum atomic E-state index is 0.250. The fraction of sp³-hybridized carbons (Fsp3) is 0.538. The predicted octanol–water partition coefficient (Wildman–Crippen LogP) is 3.03. The van der Waals surface area contributed by atoms with Crippen molar-refractivity contribution in [1.29, 1.82) is 0 Å². The van der Waals surface area contributed by atoms with Crippen LogP contribution in [0.4, 0.5) is 0 Å². The highest BCUT2D eigenvalue weighted by Gasteiger charge is 2.11. The molecule has 0 saturated heterocycles. The second kappa shape index (κ2) is 6.94. The molecule has 0 bridgehead atoms. The standard InChI is InChI=1S/C13H22N2S/c1-4-11(3)16-9-13(15-14)12-7-5-10(2)6-8-12/h5-8,11,13,15H,4,9,14H2,1-3H3. The van der Waals surface area contributed by atoms with Crippen LogP contribution in [0.5, 0.6) is 0 Å². The van der Waals surface area contributed by atoms with E-state index in [1.54, 1.807) is 0 Å². The van der Waals surface area contributed by atoms with Gasteiger partial charge in [-0.25, -0.2) is 0 Å². The average Bonchev–Trinajstić information content (AvgIpc) is 2.31. The number of hydrazine groups is 1. The quantitative estimate of drug-likeness (QED) is 0.591. The van der Waals surface area contributed by atoms with Gasteiger partial charge >= 0.3 is 0 Å². The Morgan fingerprint density at radius 2 is 1.94 bits per heavy atom. The molecule has 2 unspecified atom stereocenters. The summed E-state index contributed by atoms with van der Waals surface area (Å²) in [6.07, 6.45) is 1.20. The van der Waals surface area contributed by atoms with Crippen molar-refractivity contribution in [1.82, 2.24) is 5.43 Å². The van der Waals surface area contributed by atoms with Crippen LogP contribution >= 0.6 is 11.8 Å². The highest BCUT2D eigenvalue weighted by molar-refractivity contribution is 7.99. The van der Waals surface area contributed by atoms with Gasteiger partial charge in [-0.1, -0.05) is 43.7 Å². The topological polar surface area (TPSA) is 38.0 Å². The summed E-state index contributed by atoms with van der Waals surface area (Å²) < 4.78 is 0. The predicted molar refractivity (Wildman–Crippen MR) is 73.5 cm³/mol. The number of benzene rings is 1. The van der Waals surface area contributed by atoms with Crippen LogP contribution in [-0.4, -0.2) is 11.0 Å². The van der Waals surface area contributed by atoms with Gasteiger partial charge in [-0.05, 0) is 18.9 Å². The summed E-state index contributed by atoms with van der Waals surface area (Å²) in [7, 11) is 0. The number of hydrogen-bond acceptors (Lipinski definition) is 3. The minimum absolute atomic E-state index is 0.250. The van der Waals surface area contributed by atoms with E-state index in [-0.39, 0.29) is 6.04 Å². The summed E-state index contributed by atoms with van der Waals surface area (Å²) in [6.45, 7) is 6.57. The Hall–Kier alpha value is -0.510. The summed E-state index contributed by atoms with van der Waals surface area (Å²) in [5.41, 5.74) is 5.45. The SMILES string of the molecule is CCC(C)SCC(NN)c1ccc(C)cc1. The van der Waals surface area contributed by atoms with E-state index in [9.17, 15) is 0 Å². The van der Waals surface area contributed by atoms with Gasteiger partial charge in [0.2, 0.25) is 0 Å². The molecule has 3 heteroatoms. The Kier molecular flexibility index (Phi) is 5.88. The number of hydrogen-bond donors (Lipinski definition) is 2. The fourth-order valence-corrected chi connectivity index (χ4v) is 2.46. The van der Waals surface area contributed by atoms with Crippen LogP contribution in [0.25, 0.3) is 0 Å². The first kappa shape index (κ1) is 13.6. The minimum Gasteiger partial charge on any atom is -0.271 e. The Balaban J connectivity index is 2.57. The van der Waals surface area contributed by atoms with E-state index in [1.807, 2.05) is 11.8 Å². The summed E-state index contributed by atoms with van der Waals surface area (Å²) in [5, 5.41) is 0.696. The summed E-state index contributed by atoms with van der Waals surface area (Å²) in [6, 6.07) is 8.81. The van der Waals surface area contributed by atoms with Gasteiger partial charge in [0.25, 0.3) is 0 Å². The third-order valence-corrected chi connectivity index (χ3v) is 4.23. The zero-order valence-corrected chi connectivity index (χ0v) is 11.2. The third kappa shape index (κ3) is 4.16. The van der Waals surface area contributed by atoms with E-state index in [0.717, 1.165) is 5.75 Å². The molecule has 0 aromatic heterocycles. The molecule has 0 fully saturated rings. The summed E-state index contributed by atoms with van der Waals surface area (Å²) in [5.74, 6) is 6.63. The largest absolute Gasteiger partial charge is 0.271 e. The molecule has 2 atom stereocenters. The highest BCUT2D eigenvalue weighted by atomic mass is 32.2. The van der Waals surface area contributed by atoms with Crippen LogP contribution in [0.1, 0.15) is 37.4 Å². The van der Waals surface area contributed by atoms with E-state index >= 15 is 0 Å². The molecule has 0 saturated carbocycles. The van der Waals surface area contributed by atoms with Crippen LogP contribution in [0.15, 0.2) is 24.3 Å². The van der Waals surface area contributed by atoms with E-state index in [0.29, 0.717) is 5.25 Å². The molecular formula is C13H22N2S. The van der Waals surface area contributed by atoms with E-state index in [4.69, 9.17) is 5.84 Å². The van der Waals surface area contributed by atoms with Crippen LogP contribution in [0, 0.1) is 6.92 Å². The number of thioether (sulfide) groups is 1. The molecule has 1 rings (SSSR count). The lowest BCUT2D eigenvalue weighted by molar-refractivity contribution is 0.609. The zero-order valence-electron chi connectivity index (χ0n) is 10.4. The molecule has 0 heterocycles. The number of aryl methyl sites for hydroxylation is 1. The second-order valence-electron chi connectivity index (χ2n) is 4.18. The Labute approximate surface area is 103 Å². The van der Waals surface area contributed by atoms with Gasteiger partial charge < -0.3 is 0 Å². The first-order chi connectivity index (χ1) is 7.67. The maximum Gasteiger partial charge on any atom is 0.0550 e. The molecule has 3 N–H and O–H groups in total. The summed E-state index contributed by atoms with van der Waals surface area (Å²) >= 11 is 1.97. The van der Waals surface area contributed by atoms with E-state index in [2.05, 4.69) is 50.5 Å². The lowest BCUT2D eigenvalue weighted by Crippen LogP contribution is -2.30. The smallest absolute Gasteiger partial charge is 0.0550 e. The molecule has 1 aromatic carbocycles. The van der Waals surface area contributed by atoms with Crippen molar-refractivity contribution in [3.05, 3.63) is 35.4 Å². The van der Waals surface area contributed by atoms with Gasteiger partial charge in [0.15, 0.2) is 0 Å². The van der Waals surface area contributed by atoms with Crippen molar-refractivity contribution in [3.63, 3.8) is 0 Å². The van der Waals surface area contributed by atoms with Gasteiger partial charge in [-0.2, -0.15) is 11.8 Å². The molecule has 16 heavy (non-hydrogen) atoms. The van der Waals surface area contributed by atoms with Gasteiger partial charge in [0.05, 0.1) is 6.04 Å². The summed E-state index contributed by atoms with van der Waals surface area (Å²) in [4.78, 5) is 0. The van der Waals surface area contributed by atoms with Crippen LogP contribution in [0.2, 0.25) is 0 Å². The van der Waals surface area contributed by atoms with Crippen molar-refractivity contribution in [2.45, 2.75) is 38.5 Å². The molecule has 0 aliphatic rings. The van der Waals surface area contributed by atoms with Gasteiger partial charge in [0, 0.05) is 11.0 Å². The van der Waals surface area contributed by atoms with Crippen LogP contribution < -0.4 is 11.3 Å². The maximum absolute atomic E-state index is 5.61.